The van der Waals surface area contributed by atoms with Gasteiger partial charge in [0, 0.05) is 30.4 Å². The van der Waals surface area contributed by atoms with Crippen LogP contribution in [-0.2, 0) is 10.3 Å². The molecule has 198 valence electrons. The van der Waals surface area contributed by atoms with Gasteiger partial charge in [-0.25, -0.2) is 28.1 Å². The Balaban J connectivity index is 0.000000786. The summed E-state index contributed by atoms with van der Waals surface area (Å²) in [6, 6.07) is 9.90. The number of carboxylic acid groups (broad SMARTS) is 1. The molecule has 0 saturated heterocycles. The number of guanidine groups is 1. The van der Waals surface area contributed by atoms with Crippen molar-refractivity contribution in [1.29, 1.82) is 0 Å². The second-order valence-corrected chi connectivity index (χ2v) is 8.79. The highest BCUT2D eigenvalue weighted by molar-refractivity contribution is 6.12. The highest BCUT2D eigenvalue weighted by Gasteiger charge is 2.53. The fraction of sp³-hybridized carbons (Fsp3) is 0.269. The van der Waals surface area contributed by atoms with Crippen molar-refractivity contribution in [1.82, 2.24) is 14.9 Å². The molecule has 0 saturated carbocycles. The Morgan fingerprint density at radius 1 is 1.13 bits per heavy atom. The zero-order valence-corrected chi connectivity index (χ0v) is 20.8. The van der Waals surface area contributed by atoms with Gasteiger partial charge in [0.15, 0.2) is 11.5 Å². The molecular formula is C26H25F3N6O3. The smallest absolute Gasteiger partial charge is 0.300 e. The Morgan fingerprint density at radius 2 is 1.76 bits per heavy atom. The Hall–Kier alpha value is -4.48. The Morgan fingerprint density at radius 3 is 2.39 bits per heavy atom. The monoisotopic (exact) mass is 526 g/mol. The number of hydrogen-bond acceptors (Lipinski definition) is 8. The molecule has 0 amide bonds. The molecule has 1 unspecified atom stereocenters. The Kier molecular flexibility index (Phi) is 7.07. The molecule has 5 rings (SSSR count). The maximum absolute atomic E-state index is 14.9. The van der Waals surface area contributed by atoms with Gasteiger partial charge in [-0.1, -0.05) is 12.1 Å². The predicted molar refractivity (Wildman–Crippen MR) is 135 cm³/mol. The van der Waals surface area contributed by atoms with Crippen LogP contribution in [0.2, 0.25) is 0 Å². The number of alkyl halides is 2. The minimum Gasteiger partial charge on any atom is -0.496 e. The lowest BCUT2D eigenvalue weighted by Gasteiger charge is -2.35. The molecule has 2 aliphatic heterocycles. The predicted octanol–water partition coefficient (Wildman–Crippen LogP) is 3.61. The summed E-state index contributed by atoms with van der Waals surface area (Å²) in [5, 5.41) is 7.42. The number of ether oxygens (including phenoxy) is 1. The molecule has 3 N–H and O–H groups in total. The van der Waals surface area contributed by atoms with Crippen molar-refractivity contribution in [2.75, 3.05) is 20.2 Å². The van der Waals surface area contributed by atoms with Crippen LogP contribution < -0.4 is 10.5 Å². The highest BCUT2D eigenvalue weighted by Crippen LogP contribution is 2.44. The number of aliphatic imine (C=N–C) groups is 2. The van der Waals surface area contributed by atoms with Gasteiger partial charge in [0.25, 0.3) is 11.9 Å². The Labute approximate surface area is 216 Å². The molecule has 0 bridgehead atoms. The number of aliphatic carboxylic acids is 1. The molecule has 1 aromatic heterocycles. The van der Waals surface area contributed by atoms with E-state index in [4.69, 9.17) is 25.4 Å². The first-order chi connectivity index (χ1) is 18.0. The average Bonchev–Trinajstić information content (AvgIpc) is 3.16. The van der Waals surface area contributed by atoms with Crippen molar-refractivity contribution < 1.29 is 27.8 Å². The number of methoxy groups -OCH3 is 1. The van der Waals surface area contributed by atoms with E-state index in [1.807, 2.05) is 13.0 Å². The van der Waals surface area contributed by atoms with Crippen molar-refractivity contribution in [3.63, 3.8) is 0 Å². The molecule has 1 atom stereocenters. The molecule has 0 radical (unpaired) electrons. The minimum atomic E-state index is -3.05. The number of halogens is 3. The SMILES string of the molecule is CC(=O)O.COc1ccc(C2(c3ccc(F)c(-c4cncnc4)c3)N=C(N)N3CC(F)(F)CN=C32)cc1C. The van der Waals surface area contributed by atoms with E-state index in [9.17, 15) is 13.2 Å². The van der Waals surface area contributed by atoms with Crippen LogP contribution >= 0.6 is 0 Å². The zero-order chi connectivity index (χ0) is 27.7. The summed E-state index contributed by atoms with van der Waals surface area (Å²) in [5.74, 6) is -3.53. The largest absolute Gasteiger partial charge is 0.496 e. The minimum absolute atomic E-state index is 0.0829. The van der Waals surface area contributed by atoms with Crippen LogP contribution in [0, 0.1) is 12.7 Å². The number of nitrogens with zero attached hydrogens (tertiary/aromatic N) is 5. The number of fused-ring (bicyclic) bond motifs is 1. The normalized spacial score (nSPS) is 19.5. The lowest BCUT2D eigenvalue weighted by molar-refractivity contribution is -0.134. The molecular weight excluding hydrogens is 501 g/mol. The summed E-state index contributed by atoms with van der Waals surface area (Å²) in [4.78, 5) is 27.1. The molecule has 0 fully saturated rings. The van der Waals surface area contributed by atoms with E-state index in [1.54, 1.807) is 31.4 Å². The van der Waals surface area contributed by atoms with Crippen LogP contribution in [0.4, 0.5) is 13.2 Å². The van der Waals surface area contributed by atoms with Crippen LogP contribution in [0.5, 0.6) is 5.75 Å². The van der Waals surface area contributed by atoms with Gasteiger partial charge in [-0.05, 0) is 47.9 Å². The van der Waals surface area contributed by atoms with Gasteiger partial charge in [0.2, 0.25) is 0 Å². The molecule has 0 spiro atoms. The van der Waals surface area contributed by atoms with E-state index >= 15 is 0 Å². The second-order valence-electron chi connectivity index (χ2n) is 8.79. The van der Waals surface area contributed by atoms with E-state index in [1.165, 1.54) is 29.7 Å². The number of carbonyl (C=O) groups is 1. The number of aromatic nitrogens is 2. The van der Waals surface area contributed by atoms with Crippen LogP contribution in [0.15, 0.2) is 65.1 Å². The van der Waals surface area contributed by atoms with E-state index in [-0.39, 0.29) is 17.4 Å². The third kappa shape index (κ3) is 4.89. The number of carboxylic acids is 1. The highest BCUT2D eigenvalue weighted by atomic mass is 19.3. The number of nitrogens with two attached hydrogens (primary N) is 1. The van der Waals surface area contributed by atoms with Gasteiger partial charge in [-0.15, -0.1) is 0 Å². The molecule has 3 aromatic rings. The average molecular weight is 527 g/mol. The first kappa shape index (κ1) is 26.6. The quantitative estimate of drug-likeness (QED) is 0.532. The van der Waals surface area contributed by atoms with Crippen LogP contribution in [0.25, 0.3) is 11.1 Å². The summed E-state index contributed by atoms with van der Waals surface area (Å²) in [6.07, 6.45) is 4.34. The summed E-state index contributed by atoms with van der Waals surface area (Å²) in [5.41, 5.74) is 7.51. The standard InChI is InChI=1S/C24H21F3N6O.C2H4O2/c1-14-7-16(4-6-20(14)34-2)24(21-31-11-23(26,27)12-33(21)22(28)32-24)17-3-5-19(25)18(8-17)15-9-29-13-30-10-15;1-2(3)4/h3-10,13H,11-12H2,1-2H3,(H2,28,32);1H3,(H,3,4). The van der Waals surface area contributed by atoms with E-state index in [0.717, 1.165) is 12.5 Å². The van der Waals surface area contributed by atoms with Gasteiger partial charge >= 0.3 is 0 Å². The summed E-state index contributed by atoms with van der Waals surface area (Å²) >= 11 is 0. The summed E-state index contributed by atoms with van der Waals surface area (Å²) in [7, 11) is 1.56. The molecule has 0 aliphatic carbocycles. The van der Waals surface area contributed by atoms with Gasteiger partial charge < -0.3 is 15.6 Å². The van der Waals surface area contributed by atoms with E-state index < -0.39 is 36.3 Å². The van der Waals surface area contributed by atoms with Crippen molar-refractivity contribution in [2.45, 2.75) is 25.3 Å². The van der Waals surface area contributed by atoms with Crippen LogP contribution in [-0.4, -0.2) is 63.9 Å². The van der Waals surface area contributed by atoms with Gasteiger partial charge in [0.05, 0.1) is 13.7 Å². The number of rotatable bonds is 4. The van der Waals surface area contributed by atoms with Gasteiger partial charge in [0.1, 0.15) is 30.3 Å². The van der Waals surface area contributed by atoms with Crippen molar-refractivity contribution >= 4 is 17.8 Å². The molecule has 9 nitrogen and oxygen atoms in total. The number of hydrogen-bond donors (Lipinski definition) is 2. The van der Waals surface area contributed by atoms with Crippen LogP contribution in [0.1, 0.15) is 23.6 Å². The van der Waals surface area contributed by atoms with Crippen LogP contribution in [0.3, 0.4) is 0 Å². The molecule has 2 aromatic carbocycles. The lowest BCUT2D eigenvalue weighted by atomic mass is 9.80. The van der Waals surface area contributed by atoms with Crippen molar-refractivity contribution in [2.24, 2.45) is 15.7 Å². The van der Waals surface area contributed by atoms with E-state index in [2.05, 4.69) is 15.0 Å². The molecule has 38 heavy (non-hydrogen) atoms. The summed E-state index contributed by atoms with van der Waals surface area (Å²) in [6.45, 7) is 1.61. The van der Waals surface area contributed by atoms with Gasteiger partial charge in [-0.2, -0.15) is 0 Å². The third-order valence-corrected chi connectivity index (χ3v) is 6.06. The topological polar surface area (TPSA) is 126 Å². The van der Waals surface area contributed by atoms with Crippen molar-refractivity contribution in [3.05, 3.63) is 77.6 Å². The fourth-order valence-corrected chi connectivity index (χ4v) is 4.48. The first-order valence-electron chi connectivity index (χ1n) is 11.4. The maximum Gasteiger partial charge on any atom is 0.300 e. The fourth-order valence-electron chi connectivity index (χ4n) is 4.48. The van der Waals surface area contributed by atoms with Crippen molar-refractivity contribution in [3.8, 4) is 16.9 Å². The molecule has 12 heteroatoms. The zero-order valence-electron chi connectivity index (χ0n) is 20.8. The number of amidine groups is 1. The summed E-state index contributed by atoms with van der Waals surface area (Å²) < 4.78 is 48.7. The number of aryl methyl sites for hydroxylation is 1. The van der Waals surface area contributed by atoms with E-state index in [0.29, 0.717) is 22.4 Å². The number of benzene rings is 2. The molecule has 2 aliphatic rings. The molecule has 3 heterocycles. The maximum atomic E-state index is 14.9. The Bertz CT molecular complexity index is 1430. The lowest BCUT2D eigenvalue weighted by Crippen LogP contribution is -2.53. The third-order valence-electron chi connectivity index (χ3n) is 6.06. The second kappa shape index (κ2) is 10.1. The first-order valence-corrected chi connectivity index (χ1v) is 11.4. The van der Waals surface area contributed by atoms with Gasteiger partial charge in [-0.3, -0.25) is 14.7 Å².